The molecule has 1 aromatic heterocycles. The lowest BCUT2D eigenvalue weighted by Gasteiger charge is -2.20. The highest BCUT2D eigenvalue weighted by atomic mass is 15.2. The number of rotatable bonds is 3. The van der Waals surface area contributed by atoms with Crippen molar-refractivity contribution in [2.75, 3.05) is 18.5 Å². The third kappa shape index (κ3) is 3.21. The van der Waals surface area contributed by atoms with Gasteiger partial charge in [-0.25, -0.2) is 9.97 Å². The van der Waals surface area contributed by atoms with Gasteiger partial charge >= 0.3 is 0 Å². The Labute approximate surface area is 90.6 Å². The van der Waals surface area contributed by atoms with E-state index in [2.05, 4.69) is 23.8 Å². The fourth-order valence-corrected chi connectivity index (χ4v) is 1.45. The first kappa shape index (κ1) is 11.4. The molecule has 1 heterocycles. The maximum Gasteiger partial charge on any atom is 0.146 e. The molecular formula is C11H16N4. The Balaban J connectivity index is 2.94. The van der Waals surface area contributed by atoms with Gasteiger partial charge in [-0.3, -0.25) is 0 Å². The van der Waals surface area contributed by atoms with E-state index in [4.69, 9.17) is 5.26 Å². The summed E-state index contributed by atoms with van der Waals surface area (Å²) in [7, 11) is 1.98. The second kappa shape index (κ2) is 4.74. The summed E-state index contributed by atoms with van der Waals surface area (Å²) in [5, 5.41) is 8.79. The number of hydrogen-bond donors (Lipinski definition) is 0. The van der Waals surface area contributed by atoms with Crippen LogP contribution in [0.3, 0.4) is 0 Å². The van der Waals surface area contributed by atoms with E-state index in [0.717, 1.165) is 12.4 Å². The lowest BCUT2D eigenvalue weighted by Crippen LogP contribution is -2.24. The van der Waals surface area contributed by atoms with E-state index in [9.17, 15) is 0 Å². The molecule has 0 amide bonds. The molecule has 0 radical (unpaired) electrons. The first-order valence-electron chi connectivity index (χ1n) is 5.00. The summed E-state index contributed by atoms with van der Waals surface area (Å²) >= 11 is 0. The molecule has 0 aliphatic rings. The van der Waals surface area contributed by atoms with Gasteiger partial charge in [0.2, 0.25) is 0 Å². The van der Waals surface area contributed by atoms with Gasteiger partial charge in [0.1, 0.15) is 23.4 Å². The smallest absolute Gasteiger partial charge is 0.146 e. The Morgan fingerprint density at radius 1 is 1.47 bits per heavy atom. The zero-order chi connectivity index (χ0) is 11.4. The zero-order valence-corrected chi connectivity index (χ0v) is 9.65. The van der Waals surface area contributed by atoms with Crippen LogP contribution in [0.1, 0.15) is 25.4 Å². The van der Waals surface area contributed by atoms with Crippen LogP contribution in [-0.4, -0.2) is 23.6 Å². The number of nitriles is 1. The summed E-state index contributed by atoms with van der Waals surface area (Å²) in [5.41, 5.74) is 0.424. The number of nitrogens with zero attached hydrogens (tertiary/aromatic N) is 4. The van der Waals surface area contributed by atoms with Crippen molar-refractivity contribution in [3.63, 3.8) is 0 Å². The monoisotopic (exact) mass is 204 g/mol. The summed E-state index contributed by atoms with van der Waals surface area (Å²) in [4.78, 5) is 10.4. The van der Waals surface area contributed by atoms with Gasteiger partial charge in [0.15, 0.2) is 0 Å². The maximum atomic E-state index is 8.79. The van der Waals surface area contributed by atoms with Crippen LogP contribution in [0.15, 0.2) is 6.07 Å². The Bertz CT molecular complexity index is 379. The van der Waals surface area contributed by atoms with Gasteiger partial charge in [0, 0.05) is 19.7 Å². The van der Waals surface area contributed by atoms with Crippen LogP contribution in [0.25, 0.3) is 0 Å². The van der Waals surface area contributed by atoms with E-state index in [1.54, 1.807) is 13.0 Å². The molecular weight excluding hydrogens is 188 g/mol. The number of hydrogen-bond acceptors (Lipinski definition) is 4. The van der Waals surface area contributed by atoms with Crippen molar-refractivity contribution in [1.29, 1.82) is 5.26 Å². The molecule has 4 nitrogen and oxygen atoms in total. The van der Waals surface area contributed by atoms with Crippen molar-refractivity contribution < 1.29 is 0 Å². The van der Waals surface area contributed by atoms with Gasteiger partial charge < -0.3 is 4.90 Å². The quantitative estimate of drug-likeness (QED) is 0.752. The van der Waals surface area contributed by atoms with Crippen LogP contribution in [0.2, 0.25) is 0 Å². The SMILES string of the molecule is Cc1nc(C#N)cc(N(C)CC(C)C)n1. The topological polar surface area (TPSA) is 52.8 Å². The highest BCUT2D eigenvalue weighted by molar-refractivity contribution is 5.42. The number of anilines is 1. The summed E-state index contributed by atoms with van der Waals surface area (Å²) < 4.78 is 0. The third-order valence-corrected chi connectivity index (χ3v) is 1.97. The first-order chi connectivity index (χ1) is 7.02. The van der Waals surface area contributed by atoms with Gasteiger partial charge in [0.05, 0.1) is 0 Å². The van der Waals surface area contributed by atoms with E-state index in [-0.39, 0.29) is 0 Å². The molecule has 0 unspecified atom stereocenters. The molecule has 15 heavy (non-hydrogen) atoms. The number of aryl methyl sites for hydroxylation is 1. The van der Waals surface area contributed by atoms with Crippen molar-refractivity contribution >= 4 is 5.82 Å². The zero-order valence-electron chi connectivity index (χ0n) is 9.65. The van der Waals surface area contributed by atoms with E-state index in [0.29, 0.717) is 17.4 Å². The van der Waals surface area contributed by atoms with Gasteiger partial charge in [-0.15, -0.1) is 0 Å². The van der Waals surface area contributed by atoms with E-state index in [1.807, 2.05) is 18.0 Å². The van der Waals surface area contributed by atoms with Crippen LogP contribution < -0.4 is 4.90 Å². The standard InChI is InChI=1S/C11H16N4/c1-8(2)7-15(4)11-5-10(6-12)13-9(3)14-11/h5,8H,7H2,1-4H3. The molecule has 1 rings (SSSR count). The molecule has 0 aliphatic heterocycles. The van der Waals surface area contributed by atoms with Crippen LogP contribution in [-0.2, 0) is 0 Å². The van der Waals surface area contributed by atoms with Crippen molar-refractivity contribution in [2.45, 2.75) is 20.8 Å². The van der Waals surface area contributed by atoms with Crippen molar-refractivity contribution in [1.82, 2.24) is 9.97 Å². The lowest BCUT2D eigenvalue weighted by atomic mass is 10.2. The molecule has 0 bridgehead atoms. The minimum Gasteiger partial charge on any atom is -0.359 e. The second-order valence-corrected chi connectivity index (χ2v) is 4.04. The summed E-state index contributed by atoms with van der Waals surface area (Å²) in [6.07, 6.45) is 0. The predicted octanol–water partition coefficient (Wildman–Crippen LogP) is 1.75. The summed E-state index contributed by atoms with van der Waals surface area (Å²) in [6, 6.07) is 3.76. The van der Waals surface area contributed by atoms with E-state index < -0.39 is 0 Å². The molecule has 0 aromatic carbocycles. The molecule has 0 saturated heterocycles. The molecule has 0 spiro atoms. The fraction of sp³-hybridized carbons (Fsp3) is 0.545. The van der Waals surface area contributed by atoms with Gasteiger partial charge in [-0.05, 0) is 12.8 Å². The van der Waals surface area contributed by atoms with E-state index >= 15 is 0 Å². The van der Waals surface area contributed by atoms with Gasteiger partial charge in [-0.1, -0.05) is 13.8 Å². The molecule has 0 saturated carbocycles. The normalized spacial score (nSPS) is 10.1. The van der Waals surface area contributed by atoms with Crippen molar-refractivity contribution in [3.8, 4) is 6.07 Å². The lowest BCUT2D eigenvalue weighted by molar-refractivity contribution is 0.633. The highest BCUT2D eigenvalue weighted by Gasteiger charge is 2.07. The average Bonchev–Trinajstić information content (AvgIpc) is 2.15. The largest absolute Gasteiger partial charge is 0.359 e. The van der Waals surface area contributed by atoms with Crippen LogP contribution >= 0.6 is 0 Å². The minimum atomic E-state index is 0.424. The molecule has 0 N–H and O–H groups in total. The molecule has 1 aromatic rings. The van der Waals surface area contributed by atoms with Gasteiger partial charge in [0.25, 0.3) is 0 Å². The Kier molecular flexibility index (Phi) is 3.62. The molecule has 80 valence electrons. The first-order valence-corrected chi connectivity index (χ1v) is 5.00. The second-order valence-electron chi connectivity index (χ2n) is 4.04. The molecule has 4 heteroatoms. The van der Waals surface area contributed by atoms with Crippen molar-refractivity contribution in [3.05, 3.63) is 17.6 Å². The highest BCUT2D eigenvalue weighted by Crippen LogP contribution is 2.12. The van der Waals surface area contributed by atoms with Gasteiger partial charge in [-0.2, -0.15) is 5.26 Å². The molecule has 0 atom stereocenters. The Morgan fingerprint density at radius 2 is 2.13 bits per heavy atom. The summed E-state index contributed by atoms with van der Waals surface area (Å²) in [6.45, 7) is 7.01. The Hall–Kier alpha value is -1.63. The summed E-state index contributed by atoms with van der Waals surface area (Å²) in [5.74, 6) is 2.02. The minimum absolute atomic E-state index is 0.424. The molecule has 0 fully saturated rings. The fourth-order valence-electron chi connectivity index (χ4n) is 1.45. The van der Waals surface area contributed by atoms with Crippen molar-refractivity contribution in [2.24, 2.45) is 5.92 Å². The Morgan fingerprint density at radius 3 is 2.67 bits per heavy atom. The van der Waals surface area contributed by atoms with Crippen LogP contribution in [0, 0.1) is 24.2 Å². The average molecular weight is 204 g/mol. The van der Waals surface area contributed by atoms with E-state index in [1.165, 1.54) is 0 Å². The third-order valence-electron chi connectivity index (χ3n) is 1.97. The molecule has 0 aliphatic carbocycles. The van der Waals surface area contributed by atoms with Crippen LogP contribution in [0.4, 0.5) is 5.82 Å². The number of aromatic nitrogens is 2. The van der Waals surface area contributed by atoms with Crippen LogP contribution in [0.5, 0.6) is 0 Å². The maximum absolute atomic E-state index is 8.79. The predicted molar refractivity (Wildman–Crippen MR) is 59.6 cm³/mol.